The molecule has 4 heterocycles. The highest BCUT2D eigenvalue weighted by atomic mass is 35.5. The van der Waals surface area contributed by atoms with Gasteiger partial charge in [-0.05, 0) is 48.7 Å². The van der Waals surface area contributed by atoms with Gasteiger partial charge in [0.25, 0.3) is 5.91 Å². The summed E-state index contributed by atoms with van der Waals surface area (Å²) in [7, 11) is 0. The molecule has 156 valence electrons. The van der Waals surface area contributed by atoms with E-state index in [4.69, 9.17) is 16.6 Å². The lowest BCUT2D eigenvalue weighted by atomic mass is 10.2. The molecule has 0 spiro atoms. The minimum absolute atomic E-state index is 0.00937. The predicted molar refractivity (Wildman–Crippen MR) is 119 cm³/mol. The van der Waals surface area contributed by atoms with E-state index in [2.05, 4.69) is 20.2 Å². The number of fused-ring (bicyclic) bond motifs is 1. The second kappa shape index (κ2) is 8.35. The van der Waals surface area contributed by atoms with Gasteiger partial charge in [0.1, 0.15) is 5.82 Å². The predicted octanol–water partition coefficient (Wildman–Crippen LogP) is 4.05. The minimum Gasteiger partial charge on any atom is -0.347 e. The van der Waals surface area contributed by atoms with E-state index < -0.39 is 0 Å². The molecule has 1 atom stereocenters. The van der Waals surface area contributed by atoms with E-state index in [0.29, 0.717) is 23.2 Å². The van der Waals surface area contributed by atoms with Crippen molar-refractivity contribution in [2.45, 2.75) is 25.4 Å². The van der Waals surface area contributed by atoms with Crippen molar-refractivity contribution in [3.63, 3.8) is 0 Å². The molecule has 0 aliphatic carbocycles. The van der Waals surface area contributed by atoms with Gasteiger partial charge in [-0.1, -0.05) is 29.8 Å². The number of nitrogens with zero attached hydrogens (tertiary/aromatic N) is 5. The Labute approximate surface area is 184 Å². The molecule has 0 bridgehead atoms. The van der Waals surface area contributed by atoms with Crippen LogP contribution in [0.3, 0.4) is 0 Å². The number of imidazole rings is 1. The van der Waals surface area contributed by atoms with Crippen LogP contribution >= 0.6 is 11.6 Å². The van der Waals surface area contributed by atoms with Crippen LogP contribution in [0.1, 0.15) is 40.8 Å². The zero-order chi connectivity index (χ0) is 21.2. The molecule has 0 radical (unpaired) electrons. The van der Waals surface area contributed by atoms with Crippen LogP contribution in [-0.2, 0) is 6.54 Å². The lowest BCUT2D eigenvalue weighted by molar-refractivity contribution is 0.0948. The zero-order valence-corrected chi connectivity index (χ0v) is 17.5. The van der Waals surface area contributed by atoms with Gasteiger partial charge >= 0.3 is 0 Å². The number of nitrogens with one attached hydrogen (secondary N) is 1. The second-order valence-electron chi connectivity index (χ2n) is 7.48. The lowest BCUT2D eigenvalue weighted by Gasteiger charge is -2.23. The largest absolute Gasteiger partial charge is 0.347 e. The number of anilines is 1. The molecule has 8 heteroatoms. The maximum absolute atomic E-state index is 13.0. The molecule has 5 rings (SSSR count). The number of benzene rings is 1. The highest BCUT2D eigenvalue weighted by Crippen LogP contribution is 2.34. The topological polar surface area (TPSA) is 75.4 Å². The minimum atomic E-state index is -0.203. The number of halogens is 1. The van der Waals surface area contributed by atoms with Crippen molar-refractivity contribution in [1.82, 2.24) is 24.7 Å². The molecule has 1 aromatic carbocycles. The van der Waals surface area contributed by atoms with Gasteiger partial charge in [-0.2, -0.15) is 0 Å². The summed E-state index contributed by atoms with van der Waals surface area (Å²) in [5.74, 6) is 1.31. The Morgan fingerprint density at radius 2 is 1.90 bits per heavy atom. The number of hydrogen-bond acceptors (Lipinski definition) is 5. The fourth-order valence-electron chi connectivity index (χ4n) is 4.05. The Bertz CT molecular complexity index is 1210. The molecule has 1 amide bonds. The van der Waals surface area contributed by atoms with Crippen molar-refractivity contribution in [1.29, 1.82) is 0 Å². The Hall–Kier alpha value is -3.45. The first kappa shape index (κ1) is 19.5. The summed E-state index contributed by atoms with van der Waals surface area (Å²) in [6.07, 6.45) is 7.39. The summed E-state index contributed by atoms with van der Waals surface area (Å²) < 4.78 is 2.00. The number of pyridine rings is 1. The third-order valence-corrected chi connectivity index (χ3v) is 5.77. The van der Waals surface area contributed by atoms with Crippen LogP contribution in [0.25, 0.3) is 5.52 Å². The van der Waals surface area contributed by atoms with E-state index in [1.807, 2.05) is 59.1 Å². The number of carbonyl (C=O) groups excluding carboxylic acids is 1. The van der Waals surface area contributed by atoms with E-state index in [1.165, 1.54) is 0 Å². The number of hydrogen-bond donors (Lipinski definition) is 1. The zero-order valence-electron chi connectivity index (χ0n) is 16.8. The molecule has 1 saturated heterocycles. The molecule has 1 aliphatic heterocycles. The van der Waals surface area contributed by atoms with E-state index in [1.54, 1.807) is 12.4 Å². The van der Waals surface area contributed by atoms with Gasteiger partial charge in [0.2, 0.25) is 5.95 Å². The third kappa shape index (κ3) is 3.84. The van der Waals surface area contributed by atoms with Gasteiger partial charge in [0.05, 0.1) is 11.6 Å². The fourth-order valence-corrected chi connectivity index (χ4v) is 4.17. The third-order valence-electron chi connectivity index (χ3n) is 5.52. The smallest absolute Gasteiger partial charge is 0.272 e. The maximum atomic E-state index is 13.0. The first-order valence-corrected chi connectivity index (χ1v) is 10.6. The van der Waals surface area contributed by atoms with Crippen LogP contribution in [0.5, 0.6) is 0 Å². The normalized spacial score (nSPS) is 16.0. The molecular weight excluding hydrogens is 412 g/mol. The molecule has 1 fully saturated rings. The van der Waals surface area contributed by atoms with Gasteiger partial charge in [0, 0.05) is 36.7 Å². The number of carbonyl (C=O) groups is 1. The van der Waals surface area contributed by atoms with Crippen molar-refractivity contribution in [2.75, 3.05) is 11.4 Å². The SMILES string of the molecule is O=C(NCc1ccc(Cl)cc1)c1nc(C2CCCN2c2ncccn2)n2ccccc12. The van der Waals surface area contributed by atoms with Crippen LogP contribution in [0.4, 0.5) is 5.95 Å². The van der Waals surface area contributed by atoms with E-state index in [9.17, 15) is 4.79 Å². The van der Waals surface area contributed by atoms with Crippen LogP contribution in [0.2, 0.25) is 5.02 Å². The first-order chi connectivity index (χ1) is 15.2. The number of rotatable bonds is 5. The summed E-state index contributed by atoms with van der Waals surface area (Å²) in [5, 5.41) is 3.65. The van der Waals surface area contributed by atoms with Crippen molar-refractivity contribution >= 4 is 29.0 Å². The van der Waals surface area contributed by atoms with Gasteiger partial charge < -0.3 is 14.6 Å². The second-order valence-corrected chi connectivity index (χ2v) is 7.92. The molecule has 0 saturated carbocycles. The first-order valence-electron chi connectivity index (χ1n) is 10.2. The van der Waals surface area contributed by atoms with Crippen LogP contribution in [-0.4, -0.2) is 31.8 Å². The van der Waals surface area contributed by atoms with Gasteiger partial charge in [-0.15, -0.1) is 0 Å². The molecule has 31 heavy (non-hydrogen) atoms. The van der Waals surface area contributed by atoms with E-state index >= 15 is 0 Å². The van der Waals surface area contributed by atoms with E-state index in [0.717, 1.165) is 36.3 Å². The van der Waals surface area contributed by atoms with Gasteiger partial charge in [0.15, 0.2) is 5.69 Å². The summed E-state index contributed by atoms with van der Waals surface area (Å²) in [5.41, 5.74) is 2.18. The van der Waals surface area contributed by atoms with Crippen LogP contribution in [0.15, 0.2) is 67.1 Å². The average Bonchev–Trinajstić information content (AvgIpc) is 3.44. The molecule has 4 aromatic rings. The Balaban J connectivity index is 1.45. The lowest BCUT2D eigenvalue weighted by Crippen LogP contribution is -2.26. The molecule has 1 unspecified atom stereocenters. The number of amides is 1. The average molecular weight is 433 g/mol. The Morgan fingerprint density at radius 1 is 1.10 bits per heavy atom. The number of aromatic nitrogens is 4. The highest BCUT2D eigenvalue weighted by molar-refractivity contribution is 6.30. The summed E-state index contributed by atoms with van der Waals surface area (Å²) in [6, 6.07) is 15.0. The maximum Gasteiger partial charge on any atom is 0.272 e. The van der Waals surface area contributed by atoms with Crippen molar-refractivity contribution in [3.8, 4) is 0 Å². The van der Waals surface area contributed by atoms with Gasteiger partial charge in [-0.25, -0.2) is 15.0 Å². The Morgan fingerprint density at radius 3 is 2.71 bits per heavy atom. The fraction of sp³-hybridized carbons (Fsp3) is 0.217. The molecule has 1 N–H and O–H groups in total. The van der Waals surface area contributed by atoms with Crippen molar-refractivity contribution in [3.05, 3.63) is 89.2 Å². The standard InChI is InChI=1S/C23H21ClN6O/c24-17-9-7-16(8-10-17)15-27-22(31)20-18-5-1-2-13-29(18)21(28-20)19-6-3-14-30(19)23-25-11-4-12-26-23/h1-2,4-5,7-13,19H,3,6,14-15H2,(H,27,31). The van der Waals surface area contributed by atoms with Crippen LogP contribution in [0, 0.1) is 0 Å². The van der Waals surface area contributed by atoms with Crippen molar-refractivity contribution in [2.24, 2.45) is 0 Å². The quantitative estimate of drug-likeness (QED) is 0.515. The highest BCUT2D eigenvalue weighted by Gasteiger charge is 2.32. The molecule has 7 nitrogen and oxygen atoms in total. The molecule has 3 aromatic heterocycles. The van der Waals surface area contributed by atoms with Crippen LogP contribution < -0.4 is 10.2 Å². The monoisotopic (exact) mass is 432 g/mol. The Kier molecular flexibility index (Phi) is 5.26. The summed E-state index contributed by atoms with van der Waals surface area (Å²) in [4.78, 5) is 28.8. The van der Waals surface area contributed by atoms with E-state index in [-0.39, 0.29) is 11.9 Å². The molecular formula is C23H21ClN6O. The van der Waals surface area contributed by atoms with Crippen molar-refractivity contribution < 1.29 is 4.79 Å². The summed E-state index contributed by atoms with van der Waals surface area (Å²) in [6.45, 7) is 1.26. The molecule has 1 aliphatic rings. The summed E-state index contributed by atoms with van der Waals surface area (Å²) >= 11 is 5.94. The van der Waals surface area contributed by atoms with Gasteiger partial charge in [-0.3, -0.25) is 4.79 Å².